The Morgan fingerprint density at radius 2 is 1.88 bits per heavy atom. The summed E-state index contributed by atoms with van der Waals surface area (Å²) in [6.45, 7) is 6.51. The predicted octanol–water partition coefficient (Wildman–Crippen LogP) is 3.87. The number of hydrogen-bond acceptors (Lipinski definition) is 1. The van der Waals surface area contributed by atoms with E-state index in [1.54, 1.807) is 0 Å². The first kappa shape index (κ1) is 11.4. The largest absolute Gasteiger partial charge is 0.294 e. The summed E-state index contributed by atoms with van der Waals surface area (Å²) in [6.07, 6.45) is 3.30. The van der Waals surface area contributed by atoms with E-state index in [0.717, 1.165) is 24.8 Å². The molecule has 0 aromatic heterocycles. The maximum atomic E-state index is 12.1. The summed E-state index contributed by atoms with van der Waals surface area (Å²) in [4.78, 5) is 12.1. The highest BCUT2D eigenvalue weighted by Crippen LogP contribution is 2.53. The molecule has 1 aromatic carbocycles. The zero-order valence-electron chi connectivity index (χ0n) is 10.4. The molecule has 86 valence electrons. The van der Waals surface area contributed by atoms with Gasteiger partial charge in [0.1, 0.15) is 0 Å². The van der Waals surface area contributed by atoms with E-state index in [0.29, 0.717) is 5.78 Å². The number of hydrogen-bond donors (Lipinski definition) is 0. The number of benzene rings is 1. The van der Waals surface area contributed by atoms with Crippen molar-refractivity contribution >= 4 is 5.78 Å². The number of aryl methyl sites for hydroxylation is 1. The lowest BCUT2D eigenvalue weighted by Gasteiger charge is -2.04. The molecular weight excluding hydrogens is 196 g/mol. The molecule has 1 heteroatoms. The van der Waals surface area contributed by atoms with Crippen LogP contribution in [0.2, 0.25) is 0 Å². The van der Waals surface area contributed by atoms with E-state index in [-0.39, 0.29) is 11.3 Å². The molecule has 0 bridgehead atoms. The van der Waals surface area contributed by atoms with Gasteiger partial charge in [0.05, 0.1) is 0 Å². The smallest absolute Gasteiger partial charge is 0.166 e. The average molecular weight is 216 g/mol. The SMILES string of the molecule is CCCc1ccc(C(=O)C2CC2(C)C)cc1. The summed E-state index contributed by atoms with van der Waals surface area (Å²) in [5, 5.41) is 0. The third-order valence-corrected chi connectivity index (χ3v) is 3.61. The van der Waals surface area contributed by atoms with Gasteiger partial charge in [0.15, 0.2) is 5.78 Å². The molecule has 0 amide bonds. The number of rotatable bonds is 4. The van der Waals surface area contributed by atoms with Gasteiger partial charge in [0, 0.05) is 11.5 Å². The Morgan fingerprint density at radius 1 is 1.31 bits per heavy atom. The van der Waals surface area contributed by atoms with Gasteiger partial charge in [-0.25, -0.2) is 0 Å². The predicted molar refractivity (Wildman–Crippen MR) is 66.7 cm³/mol. The molecule has 1 fully saturated rings. The lowest BCUT2D eigenvalue weighted by Crippen LogP contribution is -2.06. The van der Waals surface area contributed by atoms with E-state index in [4.69, 9.17) is 0 Å². The van der Waals surface area contributed by atoms with Crippen molar-refractivity contribution in [3.8, 4) is 0 Å². The average Bonchev–Trinajstić information content (AvgIpc) is 2.88. The van der Waals surface area contributed by atoms with Crippen LogP contribution in [0.4, 0.5) is 0 Å². The lowest BCUT2D eigenvalue weighted by molar-refractivity contribution is 0.0953. The van der Waals surface area contributed by atoms with Crippen LogP contribution < -0.4 is 0 Å². The molecule has 0 radical (unpaired) electrons. The van der Waals surface area contributed by atoms with E-state index >= 15 is 0 Å². The molecular formula is C15H20O. The summed E-state index contributed by atoms with van der Waals surface area (Å²) in [6, 6.07) is 8.15. The molecule has 0 spiro atoms. The minimum Gasteiger partial charge on any atom is -0.294 e. The molecule has 1 aliphatic rings. The zero-order chi connectivity index (χ0) is 11.8. The Balaban J connectivity index is 2.08. The van der Waals surface area contributed by atoms with Gasteiger partial charge < -0.3 is 0 Å². The van der Waals surface area contributed by atoms with Crippen LogP contribution >= 0.6 is 0 Å². The quantitative estimate of drug-likeness (QED) is 0.698. The topological polar surface area (TPSA) is 17.1 Å². The fourth-order valence-electron chi connectivity index (χ4n) is 2.24. The first-order valence-corrected chi connectivity index (χ1v) is 6.18. The Hall–Kier alpha value is -1.11. The Kier molecular flexibility index (Phi) is 2.88. The van der Waals surface area contributed by atoms with Gasteiger partial charge in [-0.1, -0.05) is 51.5 Å². The van der Waals surface area contributed by atoms with Crippen LogP contribution in [-0.4, -0.2) is 5.78 Å². The standard InChI is InChI=1S/C15H20O/c1-4-5-11-6-8-12(9-7-11)14(16)13-10-15(13,2)3/h6-9,13H,4-5,10H2,1-3H3. The van der Waals surface area contributed by atoms with Crippen LogP contribution in [0.15, 0.2) is 24.3 Å². The van der Waals surface area contributed by atoms with Crippen molar-refractivity contribution in [1.29, 1.82) is 0 Å². The van der Waals surface area contributed by atoms with Crippen molar-refractivity contribution in [3.63, 3.8) is 0 Å². The van der Waals surface area contributed by atoms with Gasteiger partial charge in [-0.05, 0) is 23.8 Å². The number of carbonyl (C=O) groups is 1. The van der Waals surface area contributed by atoms with Gasteiger partial charge in [0.2, 0.25) is 0 Å². The summed E-state index contributed by atoms with van der Waals surface area (Å²) in [5.41, 5.74) is 2.45. The monoisotopic (exact) mass is 216 g/mol. The molecule has 2 rings (SSSR count). The van der Waals surface area contributed by atoms with Crippen LogP contribution in [0.1, 0.15) is 49.5 Å². The normalized spacial score (nSPS) is 21.8. The van der Waals surface area contributed by atoms with Crippen LogP contribution in [0, 0.1) is 11.3 Å². The molecule has 1 saturated carbocycles. The maximum Gasteiger partial charge on any atom is 0.166 e. The molecule has 1 aliphatic carbocycles. The highest BCUT2D eigenvalue weighted by Gasteiger charge is 2.50. The fourth-order valence-corrected chi connectivity index (χ4v) is 2.24. The fraction of sp³-hybridized carbons (Fsp3) is 0.533. The van der Waals surface area contributed by atoms with Gasteiger partial charge in [-0.15, -0.1) is 0 Å². The molecule has 1 atom stereocenters. The minimum absolute atomic E-state index is 0.235. The van der Waals surface area contributed by atoms with Gasteiger partial charge in [-0.3, -0.25) is 4.79 Å². The van der Waals surface area contributed by atoms with E-state index in [2.05, 4.69) is 32.9 Å². The first-order chi connectivity index (χ1) is 7.54. The summed E-state index contributed by atoms with van der Waals surface area (Å²) in [5.74, 6) is 0.581. The van der Waals surface area contributed by atoms with E-state index < -0.39 is 0 Å². The number of carbonyl (C=O) groups excluding carboxylic acids is 1. The molecule has 16 heavy (non-hydrogen) atoms. The number of ketones is 1. The van der Waals surface area contributed by atoms with E-state index in [1.807, 2.05) is 12.1 Å². The van der Waals surface area contributed by atoms with Crippen molar-refractivity contribution in [2.45, 2.75) is 40.0 Å². The van der Waals surface area contributed by atoms with Crippen molar-refractivity contribution in [1.82, 2.24) is 0 Å². The molecule has 0 N–H and O–H groups in total. The van der Waals surface area contributed by atoms with E-state index in [9.17, 15) is 4.79 Å². The number of Topliss-reactive ketones (excluding diaryl/α,β-unsaturated/α-hetero) is 1. The third-order valence-electron chi connectivity index (χ3n) is 3.61. The van der Waals surface area contributed by atoms with Gasteiger partial charge in [-0.2, -0.15) is 0 Å². The van der Waals surface area contributed by atoms with E-state index in [1.165, 1.54) is 5.56 Å². The maximum absolute atomic E-state index is 12.1. The second-order valence-electron chi connectivity index (χ2n) is 5.56. The van der Waals surface area contributed by atoms with Crippen molar-refractivity contribution in [3.05, 3.63) is 35.4 Å². The van der Waals surface area contributed by atoms with Crippen LogP contribution in [0.5, 0.6) is 0 Å². The summed E-state index contributed by atoms with van der Waals surface area (Å²) < 4.78 is 0. The van der Waals surface area contributed by atoms with Crippen molar-refractivity contribution in [2.75, 3.05) is 0 Å². The molecule has 0 saturated heterocycles. The molecule has 1 unspecified atom stereocenters. The molecule has 0 heterocycles. The molecule has 0 aliphatic heterocycles. The lowest BCUT2D eigenvalue weighted by atomic mass is 9.99. The molecule has 1 aromatic rings. The Bertz CT molecular complexity index is 386. The van der Waals surface area contributed by atoms with Crippen molar-refractivity contribution in [2.24, 2.45) is 11.3 Å². The highest BCUT2D eigenvalue weighted by atomic mass is 16.1. The Labute approximate surface area is 97.9 Å². The highest BCUT2D eigenvalue weighted by molar-refractivity contribution is 6.00. The van der Waals surface area contributed by atoms with Crippen LogP contribution in [0.3, 0.4) is 0 Å². The summed E-state index contributed by atoms with van der Waals surface area (Å²) >= 11 is 0. The van der Waals surface area contributed by atoms with Gasteiger partial charge >= 0.3 is 0 Å². The van der Waals surface area contributed by atoms with Crippen LogP contribution in [-0.2, 0) is 6.42 Å². The minimum atomic E-state index is 0.235. The second kappa shape index (κ2) is 4.04. The Morgan fingerprint density at radius 3 is 2.31 bits per heavy atom. The van der Waals surface area contributed by atoms with Crippen molar-refractivity contribution < 1.29 is 4.79 Å². The third kappa shape index (κ3) is 2.18. The first-order valence-electron chi connectivity index (χ1n) is 6.18. The summed E-state index contributed by atoms with van der Waals surface area (Å²) in [7, 11) is 0. The molecule has 1 nitrogen and oxygen atoms in total. The second-order valence-corrected chi connectivity index (χ2v) is 5.56. The van der Waals surface area contributed by atoms with Crippen LogP contribution in [0.25, 0.3) is 0 Å². The van der Waals surface area contributed by atoms with Gasteiger partial charge in [0.25, 0.3) is 0 Å². The zero-order valence-corrected chi connectivity index (χ0v) is 10.4.